The molecule has 0 fully saturated rings. The SMILES string of the molecule is CCOc1c(C)cc(Cl)c(C)c1N. The van der Waals surface area contributed by atoms with Crippen molar-refractivity contribution >= 4 is 17.3 Å². The highest BCUT2D eigenvalue weighted by Gasteiger charge is 2.09. The molecule has 0 spiro atoms. The fraction of sp³-hybridized carbons (Fsp3) is 0.400. The lowest BCUT2D eigenvalue weighted by Gasteiger charge is -2.13. The third-order valence-electron chi connectivity index (χ3n) is 2.00. The van der Waals surface area contributed by atoms with Crippen LogP contribution in [0.5, 0.6) is 5.75 Å². The molecule has 0 atom stereocenters. The molecule has 3 heteroatoms. The van der Waals surface area contributed by atoms with Gasteiger partial charge in [0.2, 0.25) is 0 Å². The van der Waals surface area contributed by atoms with E-state index in [1.54, 1.807) is 0 Å². The summed E-state index contributed by atoms with van der Waals surface area (Å²) in [6.45, 7) is 6.38. The maximum absolute atomic E-state index is 5.96. The zero-order valence-electron chi connectivity index (χ0n) is 8.15. The predicted octanol–water partition coefficient (Wildman–Crippen LogP) is 2.94. The summed E-state index contributed by atoms with van der Waals surface area (Å²) in [5.74, 6) is 0.754. The van der Waals surface area contributed by atoms with Crippen LogP contribution in [0, 0.1) is 13.8 Å². The third kappa shape index (κ3) is 1.89. The Labute approximate surface area is 83.6 Å². The lowest BCUT2D eigenvalue weighted by atomic mass is 10.1. The minimum atomic E-state index is 0.617. The van der Waals surface area contributed by atoms with E-state index in [0.29, 0.717) is 17.3 Å². The highest BCUT2D eigenvalue weighted by atomic mass is 35.5. The summed E-state index contributed by atoms with van der Waals surface area (Å²) in [5.41, 5.74) is 8.37. The van der Waals surface area contributed by atoms with Crippen LogP contribution in [-0.2, 0) is 0 Å². The number of aryl methyl sites for hydroxylation is 1. The maximum atomic E-state index is 5.96. The van der Waals surface area contributed by atoms with Gasteiger partial charge in [0, 0.05) is 5.02 Å². The summed E-state index contributed by atoms with van der Waals surface area (Å²) >= 11 is 5.96. The van der Waals surface area contributed by atoms with Gasteiger partial charge in [-0.2, -0.15) is 0 Å². The van der Waals surface area contributed by atoms with Crippen molar-refractivity contribution in [1.29, 1.82) is 0 Å². The van der Waals surface area contributed by atoms with Crippen molar-refractivity contribution in [1.82, 2.24) is 0 Å². The number of hydrogen-bond donors (Lipinski definition) is 1. The van der Waals surface area contributed by atoms with Gasteiger partial charge < -0.3 is 10.5 Å². The molecule has 1 aromatic rings. The number of rotatable bonds is 2. The molecule has 0 aromatic heterocycles. The number of nitrogens with two attached hydrogens (primary N) is 1. The fourth-order valence-electron chi connectivity index (χ4n) is 1.21. The highest BCUT2D eigenvalue weighted by molar-refractivity contribution is 6.31. The first kappa shape index (κ1) is 10.2. The maximum Gasteiger partial charge on any atom is 0.145 e. The predicted molar refractivity (Wildman–Crippen MR) is 56.5 cm³/mol. The monoisotopic (exact) mass is 199 g/mol. The van der Waals surface area contributed by atoms with Crippen LogP contribution < -0.4 is 10.5 Å². The number of ether oxygens (including phenoxy) is 1. The molecule has 0 radical (unpaired) electrons. The Bertz CT molecular complexity index is 323. The number of nitrogen functional groups attached to an aromatic ring is 1. The van der Waals surface area contributed by atoms with E-state index in [2.05, 4.69) is 0 Å². The Morgan fingerprint density at radius 3 is 2.62 bits per heavy atom. The largest absolute Gasteiger partial charge is 0.491 e. The van der Waals surface area contributed by atoms with Crippen LogP contribution in [0.15, 0.2) is 6.07 Å². The molecule has 0 aliphatic heterocycles. The second-order valence-electron chi connectivity index (χ2n) is 2.98. The highest BCUT2D eigenvalue weighted by Crippen LogP contribution is 2.34. The molecule has 2 nitrogen and oxygen atoms in total. The summed E-state index contributed by atoms with van der Waals surface area (Å²) in [6.07, 6.45) is 0. The van der Waals surface area contributed by atoms with Crippen molar-refractivity contribution in [2.75, 3.05) is 12.3 Å². The van der Waals surface area contributed by atoms with Gasteiger partial charge in [0.15, 0.2) is 0 Å². The Morgan fingerprint density at radius 1 is 1.46 bits per heavy atom. The Kier molecular flexibility index (Phi) is 3.04. The molecule has 1 aromatic carbocycles. The molecular formula is C10H14ClNO. The van der Waals surface area contributed by atoms with Gasteiger partial charge in [0.1, 0.15) is 5.75 Å². The molecule has 0 heterocycles. The van der Waals surface area contributed by atoms with Gasteiger partial charge >= 0.3 is 0 Å². The van der Waals surface area contributed by atoms with E-state index >= 15 is 0 Å². The summed E-state index contributed by atoms with van der Waals surface area (Å²) in [4.78, 5) is 0. The number of anilines is 1. The zero-order chi connectivity index (χ0) is 10.0. The van der Waals surface area contributed by atoms with Gasteiger partial charge in [0.25, 0.3) is 0 Å². The average molecular weight is 200 g/mol. The quantitative estimate of drug-likeness (QED) is 0.744. The number of hydrogen-bond acceptors (Lipinski definition) is 2. The van der Waals surface area contributed by atoms with Gasteiger partial charge in [-0.05, 0) is 38.0 Å². The number of halogens is 1. The molecule has 0 amide bonds. The van der Waals surface area contributed by atoms with Crippen molar-refractivity contribution in [3.63, 3.8) is 0 Å². The lowest BCUT2D eigenvalue weighted by molar-refractivity contribution is 0.339. The molecule has 0 aliphatic carbocycles. The van der Waals surface area contributed by atoms with Crippen molar-refractivity contribution in [3.05, 3.63) is 22.2 Å². The normalized spacial score (nSPS) is 10.2. The van der Waals surface area contributed by atoms with Crippen LogP contribution in [0.25, 0.3) is 0 Å². The van der Waals surface area contributed by atoms with Crippen LogP contribution >= 0.6 is 11.6 Å². The Balaban J connectivity index is 3.26. The molecule has 1 rings (SSSR count). The van der Waals surface area contributed by atoms with Crippen LogP contribution in [0.1, 0.15) is 18.1 Å². The molecular weight excluding hydrogens is 186 g/mol. The molecule has 0 aliphatic rings. The van der Waals surface area contributed by atoms with Crippen LogP contribution in [-0.4, -0.2) is 6.61 Å². The summed E-state index contributed by atoms with van der Waals surface area (Å²) in [7, 11) is 0. The minimum Gasteiger partial charge on any atom is -0.491 e. The van der Waals surface area contributed by atoms with Gasteiger partial charge in [0.05, 0.1) is 12.3 Å². The first-order chi connectivity index (χ1) is 6.07. The van der Waals surface area contributed by atoms with Crippen molar-refractivity contribution < 1.29 is 4.74 Å². The lowest BCUT2D eigenvalue weighted by Crippen LogP contribution is -2.01. The van der Waals surface area contributed by atoms with E-state index in [0.717, 1.165) is 16.9 Å². The molecule has 0 saturated heterocycles. The molecule has 0 bridgehead atoms. The molecule has 13 heavy (non-hydrogen) atoms. The zero-order valence-corrected chi connectivity index (χ0v) is 8.90. The minimum absolute atomic E-state index is 0.617. The summed E-state index contributed by atoms with van der Waals surface area (Å²) in [6, 6.07) is 1.87. The van der Waals surface area contributed by atoms with Crippen molar-refractivity contribution in [2.24, 2.45) is 0 Å². The molecule has 0 unspecified atom stereocenters. The standard InChI is InChI=1S/C10H14ClNO/c1-4-13-10-6(2)5-8(11)7(3)9(10)12/h5H,4,12H2,1-3H3. The smallest absolute Gasteiger partial charge is 0.145 e. The fourth-order valence-corrected chi connectivity index (χ4v) is 1.48. The van der Waals surface area contributed by atoms with Crippen LogP contribution in [0.2, 0.25) is 5.02 Å². The first-order valence-electron chi connectivity index (χ1n) is 4.25. The molecule has 72 valence electrons. The van der Waals surface area contributed by atoms with Gasteiger partial charge in [-0.3, -0.25) is 0 Å². The third-order valence-corrected chi connectivity index (χ3v) is 2.39. The first-order valence-corrected chi connectivity index (χ1v) is 4.63. The van der Waals surface area contributed by atoms with E-state index in [1.165, 1.54) is 0 Å². The average Bonchev–Trinajstić information content (AvgIpc) is 2.09. The van der Waals surface area contributed by atoms with E-state index < -0.39 is 0 Å². The van der Waals surface area contributed by atoms with Crippen LogP contribution in [0.3, 0.4) is 0 Å². The van der Waals surface area contributed by atoms with Gasteiger partial charge in [-0.1, -0.05) is 11.6 Å². The summed E-state index contributed by atoms with van der Waals surface area (Å²) < 4.78 is 5.42. The van der Waals surface area contributed by atoms with E-state index in [9.17, 15) is 0 Å². The Hall–Kier alpha value is -0.890. The van der Waals surface area contributed by atoms with Crippen LogP contribution in [0.4, 0.5) is 5.69 Å². The van der Waals surface area contributed by atoms with E-state index in [4.69, 9.17) is 22.1 Å². The van der Waals surface area contributed by atoms with Gasteiger partial charge in [-0.25, -0.2) is 0 Å². The Morgan fingerprint density at radius 2 is 2.08 bits per heavy atom. The topological polar surface area (TPSA) is 35.2 Å². The second-order valence-corrected chi connectivity index (χ2v) is 3.38. The van der Waals surface area contributed by atoms with Crippen molar-refractivity contribution in [3.8, 4) is 5.75 Å². The molecule has 2 N–H and O–H groups in total. The van der Waals surface area contributed by atoms with Gasteiger partial charge in [-0.15, -0.1) is 0 Å². The summed E-state index contributed by atoms with van der Waals surface area (Å²) in [5, 5.41) is 0.693. The van der Waals surface area contributed by atoms with E-state index in [-0.39, 0.29) is 0 Å². The van der Waals surface area contributed by atoms with Crippen molar-refractivity contribution in [2.45, 2.75) is 20.8 Å². The number of benzene rings is 1. The van der Waals surface area contributed by atoms with E-state index in [1.807, 2.05) is 26.8 Å². The molecule has 0 saturated carbocycles. The second kappa shape index (κ2) is 3.88.